The molecule has 5 nitrogen and oxygen atoms in total. The van der Waals surface area contributed by atoms with Crippen molar-refractivity contribution in [2.75, 3.05) is 39.3 Å². The molecule has 0 spiro atoms. The maximum atomic E-state index is 12.0. The van der Waals surface area contributed by atoms with Gasteiger partial charge in [-0.1, -0.05) is 6.92 Å². The quantitative estimate of drug-likeness (QED) is 0.728. The highest BCUT2D eigenvalue weighted by Crippen LogP contribution is 2.11. The number of aliphatic hydroxyl groups is 1. The number of nitrogens with two attached hydrogens (primary N) is 1. The van der Waals surface area contributed by atoms with E-state index in [2.05, 4.69) is 11.8 Å². The predicted octanol–water partition coefficient (Wildman–Crippen LogP) is 0.277. The summed E-state index contributed by atoms with van der Waals surface area (Å²) in [5, 5.41) is 9.78. The Balaban J connectivity index is 2.27. The molecular formula is C14H29N3O2. The molecule has 19 heavy (non-hydrogen) atoms. The Morgan fingerprint density at radius 3 is 2.37 bits per heavy atom. The lowest BCUT2D eigenvalue weighted by molar-refractivity contribution is -0.133. The molecule has 1 aliphatic rings. The van der Waals surface area contributed by atoms with Crippen LogP contribution in [0, 0.1) is 5.92 Å². The zero-order valence-electron chi connectivity index (χ0n) is 12.6. The SMILES string of the molecule is CC(CN)CCC(=O)N1CCN(CC(C)(C)O)CC1. The zero-order valence-corrected chi connectivity index (χ0v) is 12.6. The van der Waals surface area contributed by atoms with E-state index in [4.69, 9.17) is 5.73 Å². The molecule has 1 atom stereocenters. The number of amides is 1. The van der Waals surface area contributed by atoms with E-state index < -0.39 is 5.60 Å². The van der Waals surface area contributed by atoms with Crippen LogP contribution in [0.15, 0.2) is 0 Å². The molecule has 0 radical (unpaired) electrons. The Bertz CT molecular complexity index is 281. The maximum absolute atomic E-state index is 12.0. The summed E-state index contributed by atoms with van der Waals surface area (Å²) in [6, 6.07) is 0. The predicted molar refractivity (Wildman–Crippen MR) is 76.8 cm³/mol. The Morgan fingerprint density at radius 1 is 1.32 bits per heavy atom. The fourth-order valence-electron chi connectivity index (χ4n) is 2.35. The first-order chi connectivity index (χ1) is 8.81. The number of rotatable bonds is 6. The molecule has 0 aromatic heterocycles. The van der Waals surface area contributed by atoms with Crippen LogP contribution in [-0.2, 0) is 4.79 Å². The highest BCUT2D eigenvalue weighted by Gasteiger charge is 2.24. The van der Waals surface area contributed by atoms with Crippen LogP contribution in [0.2, 0.25) is 0 Å². The molecule has 1 heterocycles. The first kappa shape index (κ1) is 16.4. The van der Waals surface area contributed by atoms with Gasteiger partial charge in [-0.2, -0.15) is 0 Å². The summed E-state index contributed by atoms with van der Waals surface area (Å²) < 4.78 is 0. The third kappa shape index (κ3) is 6.36. The molecule has 0 saturated carbocycles. The molecule has 1 saturated heterocycles. The molecule has 0 aromatic carbocycles. The van der Waals surface area contributed by atoms with Crippen LogP contribution >= 0.6 is 0 Å². The standard InChI is InChI=1S/C14H29N3O2/c1-12(10-15)4-5-13(18)17-8-6-16(7-9-17)11-14(2,3)19/h12,19H,4-11,15H2,1-3H3. The van der Waals surface area contributed by atoms with Crippen molar-refractivity contribution in [3.8, 4) is 0 Å². The lowest BCUT2D eigenvalue weighted by atomic mass is 10.1. The highest BCUT2D eigenvalue weighted by atomic mass is 16.3. The smallest absolute Gasteiger partial charge is 0.222 e. The largest absolute Gasteiger partial charge is 0.389 e. The molecule has 112 valence electrons. The second kappa shape index (κ2) is 7.22. The van der Waals surface area contributed by atoms with Gasteiger partial charge in [0, 0.05) is 39.1 Å². The van der Waals surface area contributed by atoms with Crippen molar-refractivity contribution >= 4 is 5.91 Å². The van der Waals surface area contributed by atoms with E-state index in [0.717, 1.165) is 32.6 Å². The minimum absolute atomic E-state index is 0.239. The molecule has 1 amide bonds. The maximum Gasteiger partial charge on any atom is 0.222 e. The summed E-state index contributed by atoms with van der Waals surface area (Å²) in [6.07, 6.45) is 1.48. The van der Waals surface area contributed by atoms with Crippen LogP contribution in [0.1, 0.15) is 33.6 Å². The summed E-state index contributed by atoms with van der Waals surface area (Å²) in [7, 11) is 0. The summed E-state index contributed by atoms with van der Waals surface area (Å²) >= 11 is 0. The van der Waals surface area contributed by atoms with Crippen LogP contribution in [-0.4, -0.2) is 65.7 Å². The average Bonchev–Trinajstić information content (AvgIpc) is 2.34. The molecular weight excluding hydrogens is 242 g/mol. The van der Waals surface area contributed by atoms with Gasteiger partial charge in [-0.05, 0) is 32.7 Å². The number of carbonyl (C=O) groups is 1. The Morgan fingerprint density at radius 2 is 1.89 bits per heavy atom. The van der Waals surface area contributed by atoms with Crippen LogP contribution in [0.25, 0.3) is 0 Å². The normalized spacial score (nSPS) is 19.5. The minimum Gasteiger partial charge on any atom is -0.389 e. The van der Waals surface area contributed by atoms with E-state index in [1.807, 2.05) is 18.7 Å². The van der Waals surface area contributed by atoms with Crippen molar-refractivity contribution in [3.05, 3.63) is 0 Å². The van der Waals surface area contributed by atoms with Gasteiger partial charge in [0.2, 0.25) is 5.91 Å². The van der Waals surface area contributed by atoms with Gasteiger partial charge in [-0.15, -0.1) is 0 Å². The second-order valence-corrected chi connectivity index (χ2v) is 6.35. The number of hydrogen-bond donors (Lipinski definition) is 2. The van der Waals surface area contributed by atoms with Crippen molar-refractivity contribution in [3.63, 3.8) is 0 Å². The van der Waals surface area contributed by atoms with Crippen LogP contribution in [0.3, 0.4) is 0 Å². The molecule has 0 bridgehead atoms. The zero-order chi connectivity index (χ0) is 14.5. The first-order valence-corrected chi connectivity index (χ1v) is 7.24. The molecule has 3 N–H and O–H groups in total. The number of carbonyl (C=O) groups excluding carboxylic acids is 1. The first-order valence-electron chi connectivity index (χ1n) is 7.24. The summed E-state index contributed by atoms with van der Waals surface area (Å²) in [6.45, 7) is 10.3. The van der Waals surface area contributed by atoms with Crippen molar-refractivity contribution in [2.45, 2.75) is 39.2 Å². The van der Waals surface area contributed by atoms with Crippen molar-refractivity contribution in [1.29, 1.82) is 0 Å². The second-order valence-electron chi connectivity index (χ2n) is 6.35. The molecule has 1 aliphatic heterocycles. The van der Waals surface area contributed by atoms with E-state index >= 15 is 0 Å². The van der Waals surface area contributed by atoms with E-state index in [1.54, 1.807) is 0 Å². The fourth-order valence-corrected chi connectivity index (χ4v) is 2.35. The lowest BCUT2D eigenvalue weighted by Gasteiger charge is -2.37. The third-order valence-corrected chi connectivity index (χ3v) is 3.59. The van der Waals surface area contributed by atoms with Gasteiger partial charge >= 0.3 is 0 Å². The van der Waals surface area contributed by atoms with Crippen LogP contribution in [0.5, 0.6) is 0 Å². The van der Waals surface area contributed by atoms with Crippen molar-refractivity contribution in [1.82, 2.24) is 9.80 Å². The monoisotopic (exact) mass is 271 g/mol. The summed E-state index contributed by atoms with van der Waals surface area (Å²) in [4.78, 5) is 16.2. The average molecular weight is 271 g/mol. The topological polar surface area (TPSA) is 69.8 Å². The van der Waals surface area contributed by atoms with Gasteiger partial charge in [0.15, 0.2) is 0 Å². The fraction of sp³-hybridized carbons (Fsp3) is 0.929. The van der Waals surface area contributed by atoms with E-state index in [0.29, 0.717) is 25.4 Å². The Hall–Kier alpha value is -0.650. The number of nitrogens with zero attached hydrogens (tertiary/aromatic N) is 2. The van der Waals surface area contributed by atoms with Gasteiger partial charge in [-0.3, -0.25) is 9.69 Å². The lowest BCUT2D eigenvalue weighted by Crippen LogP contribution is -2.52. The molecule has 5 heteroatoms. The van der Waals surface area contributed by atoms with E-state index in [9.17, 15) is 9.90 Å². The Kier molecular flexibility index (Phi) is 6.23. The molecule has 1 fully saturated rings. The van der Waals surface area contributed by atoms with E-state index in [1.165, 1.54) is 0 Å². The molecule has 0 aromatic rings. The summed E-state index contributed by atoms with van der Waals surface area (Å²) in [5.41, 5.74) is 4.89. The number of hydrogen-bond acceptors (Lipinski definition) is 4. The number of β-amino-alcohol motifs (C(OH)–C–C–N with tert-alkyl or cyclic N) is 1. The third-order valence-electron chi connectivity index (χ3n) is 3.59. The van der Waals surface area contributed by atoms with Crippen molar-refractivity contribution in [2.24, 2.45) is 11.7 Å². The van der Waals surface area contributed by atoms with Crippen LogP contribution < -0.4 is 5.73 Å². The van der Waals surface area contributed by atoms with Crippen molar-refractivity contribution < 1.29 is 9.90 Å². The van der Waals surface area contributed by atoms with Crippen LogP contribution in [0.4, 0.5) is 0 Å². The summed E-state index contributed by atoms with van der Waals surface area (Å²) in [5.74, 6) is 0.656. The highest BCUT2D eigenvalue weighted by molar-refractivity contribution is 5.76. The van der Waals surface area contributed by atoms with Gasteiger partial charge in [0.05, 0.1) is 5.60 Å². The van der Waals surface area contributed by atoms with Gasteiger partial charge in [-0.25, -0.2) is 0 Å². The van der Waals surface area contributed by atoms with Gasteiger partial charge < -0.3 is 15.7 Å². The van der Waals surface area contributed by atoms with Gasteiger partial charge in [0.25, 0.3) is 0 Å². The molecule has 0 aliphatic carbocycles. The molecule has 1 rings (SSSR count). The Labute approximate surface area is 116 Å². The molecule has 1 unspecified atom stereocenters. The minimum atomic E-state index is -0.664. The number of piperazine rings is 1. The van der Waals surface area contributed by atoms with Gasteiger partial charge in [0.1, 0.15) is 0 Å². The van der Waals surface area contributed by atoms with E-state index in [-0.39, 0.29) is 5.91 Å².